The van der Waals surface area contributed by atoms with Gasteiger partial charge in [-0.3, -0.25) is 14.6 Å². The molecule has 0 bridgehead atoms. The van der Waals surface area contributed by atoms with Crippen LogP contribution in [-0.2, 0) is 22.5 Å². The van der Waals surface area contributed by atoms with Gasteiger partial charge < -0.3 is 19.5 Å². The molecule has 2 aliphatic rings. The number of rotatable bonds is 9. The molecule has 0 saturated carbocycles. The number of carbonyl (C=O) groups excluding carboxylic acids is 2. The fraction of sp³-hybridized carbons (Fsp3) is 0.462. The Bertz CT molecular complexity index is 985. The quantitative estimate of drug-likeness (QED) is 0.571. The first-order valence-corrected chi connectivity index (χ1v) is 11.7. The second kappa shape index (κ2) is 10.4. The number of carbonyl (C=O) groups is 2. The molecule has 0 aliphatic carbocycles. The molecule has 0 atom stereocenters. The second-order valence-corrected chi connectivity index (χ2v) is 8.96. The molecule has 4 rings (SSSR count). The van der Waals surface area contributed by atoms with Crippen molar-refractivity contribution in [2.75, 3.05) is 47.0 Å². The summed E-state index contributed by atoms with van der Waals surface area (Å²) in [6.07, 6.45) is 1.86. The molecular formula is C26H33N3O5. The first kappa shape index (κ1) is 24.0. The Morgan fingerprint density at radius 3 is 2.18 bits per heavy atom. The molecule has 3 amide bonds. The summed E-state index contributed by atoms with van der Waals surface area (Å²) in [6, 6.07) is 14.8. The van der Waals surface area contributed by atoms with Gasteiger partial charge in [0, 0.05) is 33.3 Å². The minimum atomic E-state index is -0.803. The number of piperidine rings is 1. The van der Waals surface area contributed by atoms with Crippen LogP contribution in [0.15, 0.2) is 48.5 Å². The van der Waals surface area contributed by atoms with Gasteiger partial charge in [0.1, 0.15) is 17.0 Å². The van der Waals surface area contributed by atoms with Crippen molar-refractivity contribution in [1.29, 1.82) is 0 Å². The minimum Gasteiger partial charge on any atom is -0.508 e. The first-order valence-electron chi connectivity index (χ1n) is 11.7. The molecule has 2 saturated heterocycles. The van der Waals surface area contributed by atoms with Crippen molar-refractivity contribution in [3.05, 3.63) is 59.7 Å². The van der Waals surface area contributed by atoms with E-state index in [9.17, 15) is 14.7 Å². The van der Waals surface area contributed by atoms with Crippen LogP contribution in [0.1, 0.15) is 24.0 Å². The zero-order chi connectivity index (χ0) is 24.1. The number of methoxy groups -OCH3 is 2. The van der Waals surface area contributed by atoms with E-state index in [4.69, 9.17) is 9.47 Å². The maximum Gasteiger partial charge on any atom is 0.327 e. The van der Waals surface area contributed by atoms with E-state index < -0.39 is 5.54 Å². The van der Waals surface area contributed by atoms with Crippen LogP contribution in [0.5, 0.6) is 11.5 Å². The van der Waals surface area contributed by atoms with Crippen LogP contribution in [0.4, 0.5) is 4.79 Å². The number of urea groups is 1. The number of hydrogen-bond donors (Lipinski definition) is 1. The number of aromatic hydroxyl groups is 1. The van der Waals surface area contributed by atoms with Crippen molar-refractivity contribution in [1.82, 2.24) is 14.7 Å². The predicted molar refractivity (Wildman–Crippen MR) is 128 cm³/mol. The van der Waals surface area contributed by atoms with E-state index in [-0.39, 0.29) is 24.2 Å². The third-order valence-corrected chi connectivity index (χ3v) is 6.95. The summed E-state index contributed by atoms with van der Waals surface area (Å²) >= 11 is 0. The van der Waals surface area contributed by atoms with Gasteiger partial charge in [0.25, 0.3) is 5.91 Å². The number of nitrogens with zero attached hydrogens (tertiary/aromatic N) is 3. The van der Waals surface area contributed by atoms with E-state index in [1.807, 2.05) is 36.4 Å². The van der Waals surface area contributed by atoms with Crippen molar-refractivity contribution in [2.45, 2.75) is 31.3 Å². The topological polar surface area (TPSA) is 82.6 Å². The summed E-state index contributed by atoms with van der Waals surface area (Å²) in [5, 5.41) is 9.52. The molecule has 2 aliphatic heterocycles. The molecule has 0 unspecified atom stereocenters. The molecule has 2 heterocycles. The molecule has 8 heteroatoms. The van der Waals surface area contributed by atoms with Crippen molar-refractivity contribution in [3.63, 3.8) is 0 Å². The van der Waals surface area contributed by atoms with Gasteiger partial charge in [-0.2, -0.15) is 0 Å². The van der Waals surface area contributed by atoms with Crippen LogP contribution in [0.2, 0.25) is 0 Å². The molecule has 0 radical (unpaired) electrons. The van der Waals surface area contributed by atoms with Gasteiger partial charge in [-0.1, -0.05) is 24.3 Å². The number of phenols is 1. The highest BCUT2D eigenvalue weighted by atomic mass is 16.5. The normalized spacial score (nSPS) is 18.2. The van der Waals surface area contributed by atoms with Crippen molar-refractivity contribution in [2.24, 2.45) is 0 Å². The Morgan fingerprint density at radius 2 is 1.56 bits per heavy atom. The molecule has 2 fully saturated rings. The molecule has 34 heavy (non-hydrogen) atoms. The minimum absolute atomic E-state index is 0.103. The zero-order valence-corrected chi connectivity index (χ0v) is 19.9. The Labute approximate surface area is 200 Å². The molecular weight excluding hydrogens is 434 g/mol. The number of phenolic OH excluding ortho intramolecular Hbond substituents is 1. The fourth-order valence-corrected chi connectivity index (χ4v) is 4.93. The molecule has 2 aromatic carbocycles. The Hall–Kier alpha value is -3.10. The van der Waals surface area contributed by atoms with Gasteiger partial charge in [0.05, 0.1) is 20.3 Å². The molecule has 1 spiro atoms. The highest BCUT2D eigenvalue weighted by molar-refractivity contribution is 6.07. The van der Waals surface area contributed by atoms with Crippen LogP contribution in [0, 0.1) is 0 Å². The molecule has 8 nitrogen and oxygen atoms in total. The lowest BCUT2D eigenvalue weighted by Gasteiger charge is -2.42. The van der Waals surface area contributed by atoms with Crippen LogP contribution >= 0.6 is 0 Å². The maximum atomic E-state index is 13.6. The van der Waals surface area contributed by atoms with Gasteiger partial charge in [0.2, 0.25) is 0 Å². The van der Waals surface area contributed by atoms with Crippen LogP contribution in [-0.4, -0.2) is 84.3 Å². The average Bonchev–Trinajstić information content (AvgIpc) is 3.05. The van der Waals surface area contributed by atoms with E-state index in [0.29, 0.717) is 32.4 Å². The molecule has 2 aromatic rings. The van der Waals surface area contributed by atoms with Gasteiger partial charge in [-0.15, -0.1) is 0 Å². The molecule has 0 aromatic heterocycles. The largest absolute Gasteiger partial charge is 0.508 e. The smallest absolute Gasteiger partial charge is 0.327 e. The number of ether oxygens (including phenoxy) is 2. The number of hydrogen-bond acceptors (Lipinski definition) is 6. The Balaban J connectivity index is 1.47. The van der Waals surface area contributed by atoms with Gasteiger partial charge in [0.15, 0.2) is 0 Å². The summed E-state index contributed by atoms with van der Waals surface area (Å²) < 4.78 is 10.4. The zero-order valence-electron chi connectivity index (χ0n) is 19.9. The second-order valence-electron chi connectivity index (χ2n) is 8.96. The van der Waals surface area contributed by atoms with Crippen LogP contribution < -0.4 is 4.74 Å². The summed E-state index contributed by atoms with van der Waals surface area (Å²) in [6.45, 7) is 3.27. The van der Waals surface area contributed by atoms with Crippen molar-refractivity contribution >= 4 is 11.9 Å². The highest BCUT2D eigenvalue weighted by Gasteiger charge is 2.57. The van der Waals surface area contributed by atoms with E-state index in [1.165, 1.54) is 4.90 Å². The number of likely N-dealkylation sites (tertiary alicyclic amines) is 1. The summed E-state index contributed by atoms with van der Waals surface area (Å²) in [5.41, 5.74) is 1.40. The third-order valence-electron chi connectivity index (χ3n) is 6.95. The number of benzene rings is 2. The van der Waals surface area contributed by atoms with E-state index >= 15 is 0 Å². The van der Waals surface area contributed by atoms with Crippen molar-refractivity contribution < 1.29 is 24.2 Å². The molecule has 1 N–H and O–H groups in total. The third kappa shape index (κ3) is 4.88. The monoisotopic (exact) mass is 467 g/mol. The van der Waals surface area contributed by atoms with Crippen LogP contribution in [0.25, 0.3) is 0 Å². The standard InChI is InChI=1S/C26H33N3O5/c1-33-18-17-28-24(31)26(12-15-27(16-13-26)19-21-3-7-22(30)8-4-21)29(25(28)32)14-11-20-5-9-23(34-2)10-6-20/h3-10,30H,11-19H2,1-2H3. The first-order chi connectivity index (χ1) is 16.5. The number of amides is 3. The Morgan fingerprint density at radius 1 is 0.912 bits per heavy atom. The van der Waals surface area contributed by atoms with E-state index in [1.54, 1.807) is 31.3 Å². The van der Waals surface area contributed by atoms with Gasteiger partial charge in [-0.05, 0) is 54.7 Å². The average molecular weight is 468 g/mol. The van der Waals surface area contributed by atoms with Crippen LogP contribution in [0.3, 0.4) is 0 Å². The SMILES string of the molecule is COCCN1C(=O)N(CCc2ccc(OC)cc2)C2(CCN(Cc3ccc(O)cc3)CC2)C1=O. The lowest BCUT2D eigenvalue weighted by molar-refractivity contribution is -0.136. The lowest BCUT2D eigenvalue weighted by atomic mass is 9.85. The molecule has 182 valence electrons. The van der Waals surface area contributed by atoms with Crippen molar-refractivity contribution in [3.8, 4) is 11.5 Å². The van der Waals surface area contributed by atoms with E-state index in [0.717, 1.165) is 36.5 Å². The summed E-state index contributed by atoms with van der Waals surface area (Å²) in [7, 11) is 3.21. The fourth-order valence-electron chi connectivity index (χ4n) is 4.93. The summed E-state index contributed by atoms with van der Waals surface area (Å²) in [5.74, 6) is 0.938. The lowest BCUT2D eigenvalue weighted by Crippen LogP contribution is -2.56. The predicted octanol–water partition coefficient (Wildman–Crippen LogP) is 2.89. The number of imide groups is 1. The van der Waals surface area contributed by atoms with Gasteiger partial charge in [-0.25, -0.2) is 4.79 Å². The van der Waals surface area contributed by atoms with Gasteiger partial charge >= 0.3 is 6.03 Å². The Kier molecular flexibility index (Phi) is 7.38. The maximum absolute atomic E-state index is 13.6. The van der Waals surface area contributed by atoms with E-state index in [2.05, 4.69) is 4.90 Å². The summed E-state index contributed by atoms with van der Waals surface area (Å²) in [4.78, 5) is 32.4. The highest BCUT2D eigenvalue weighted by Crippen LogP contribution is 2.38.